The van der Waals surface area contributed by atoms with Crippen molar-refractivity contribution < 1.29 is 0 Å². The fourth-order valence-electron chi connectivity index (χ4n) is 1.79. The third-order valence-corrected chi connectivity index (χ3v) is 4.49. The molecule has 0 saturated carbocycles. The van der Waals surface area contributed by atoms with Crippen molar-refractivity contribution in [3.05, 3.63) is 45.6 Å². The second-order valence-corrected chi connectivity index (χ2v) is 6.18. The van der Waals surface area contributed by atoms with Gasteiger partial charge in [-0.1, -0.05) is 0 Å². The van der Waals surface area contributed by atoms with Gasteiger partial charge in [-0.3, -0.25) is 0 Å². The van der Waals surface area contributed by atoms with E-state index in [1.165, 1.54) is 19.8 Å². The Hall–Kier alpha value is -1.39. The van der Waals surface area contributed by atoms with E-state index < -0.39 is 0 Å². The Balaban J connectivity index is 1.83. The zero-order valence-corrected chi connectivity index (χ0v) is 11.1. The van der Waals surface area contributed by atoms with Crippen LogP contribution in [0, 0.1) is 6.92 Å². The van der Waals surface area contributed by atoms with Gasteiger partial charge in [-0.05, 0) is 36.6 Å². The lowest BCUT2D eigenvalue weighted by Crippen LogP contribution is -1.99. The molecule has 0 atom stereocenters. The van der Waals surface area contributed by atoms with Gasteiger partial charge in [0, 0.05) is 26.0 Å². The number of thiophene rings is 2. The second kappa shape index (κ2) is 4.47. The van der Waals surface area contributed by atoms with Crippen molar-refractivity contribution >= 4 is 38.6 Å². The number of aromatic nitrogens is 1. The predicted octanol–water partition coefficient (Wildman–Crippen LogP) is 4.28. The van der Waals surface area contributed by atoms with Crippen LogP contribution in [0.15, 0.2) is 35.8 Å². The van der Waals surface area contributed by atoms with Gasteiger partial charge in [-0.2, -0.15) is 0 Å². The zero-order valence-electron chi connectivity index (χ0n) is 9.43. The molecular weight excluding hydrogens is 248 g/mol. The van der Waals surface area contributed by atoms with Crippen molar-refractivity contribution in [2.45, 2.75) is 13.5 Å². The Morgan fingerprint density at radius 2 is 2.18 bits per heavy atom. The molecule has 0 aliphatic rings. The molecule has 0 aliphatic heterocycles. The first-order valence-electron chi connectivity index (χ1n) is 5.44. The number of rotatable bonds is 3. The summed E-state index contributed by atoms with van der Waals surface area (Å²) < 4.78 is 1.28. The Morgan fingerprint density at radius 3 is 3.00 bits per heavy atom. The molecule has 0 unspecified atom stereocenters. The van der Waals surface area contributed by atoms with Gasteiger partial charge in [0.1, 0.15) is 5.82 Å². The molecule has 0 spiro atoms. The maximum Gasteiger partial charge on any atom is 0.134 e. The van der Waals surface area contributed by atoms with Gasteiger partial charge < -0.3 is 5.32 Å². The first kappa shape index (κ1) is 10.7. The summed E-state index contributed by atoms with van der Waals surface area (Å²) in [6.45, 7) is 2.98. The van der Waals surface area contributed by atoms with Crippen LogP contribution in [0.4, 0.5) is 5.82 Å². The number of hydrogen-bond donors (Lipinski definition) is 1. The smallest absolute Gasteiger partial charge is 0.134 e. The second-order valence-electron chi connectivity index (χ2n) is 3.86. The minimum atomic E-state index is 0.848. The number of pyridine rings is 1. The summed E-state index contributed by atoms with van der Waals surface area (Å²) in [5.74, 6) is 0.981. The quantitative estimate of drug-likeness (QED) is 0.760. The number of nitrogens with one attached hydrogen (secondary N) is 1. The highest BCUT2D eigenvalue weighted by atomic mass is 32.1. The lowest BCUT2D eigenvalue weighted by Gasteiger charge is -2.04. The van der Waals surface area contributed by atoms with Gasteiger partial charge in [-0.15, -0.1) is 22.7 Å². The van der Waals surface area contributed by atoms with Crippen LogP contribution in [0.1, 0.15) is 9.75 Å². The van der Waals surface area contributed by atoms with Gasteiger partial charge in [0.05, 0.1) is 6.54 Å². The third-order valence-electron chi connectivity index (χ3n) is 2.61. The molecule has 0 aromatic carbocycles. The topological polar surface area (TPSA) is 24.9 Å². The molecule has 0 aliphatic carbocycles. The van der Waals surface area contributed by atoms with Crippen molar-refractivity contribution in [2.75, 3.05) is 5.32 Å². The molecule has 3 rings (SSSR count). The molecule has 2 nitrogen and oxygen atoms in total. The van der Waals surface area contributed by atoms with Crippen molar-refractivity contribution in [1.29, 1.82) is 0 Å². The summed E-state index contributed by atoms with van der Waals surface area (Å²) in [4.78, 5) is 7.10. The van der Waals surface area contributed by atoms with Crippen LogP contribution in [0.2, 0.25) is 0 Å². The van der Waals surface area contributed by atoms with Gasteiger partial charge in [-0.25, -0.2) is 4.98 Å². The molecular formula is C13H12N2S2. The van der Waals surface area contributed by atoms with Gasteiger partial charge in [0.2, 0.25) is 0 Å². The maximum atomic E-state index is 4.40. The van der Waals surface area contributed by atoms with Crippen molar-refractivity contribution in [3.63, 3.8) is 0 Å². The fourth-order valence-corrected chi connectivity index (χ4v) is 3.40. The van der Waals surface area contributed by atoms with E-state index in [9.17, 15) is 0 Å². The highest BCUT2D eigenvalue weighted by Gasteiger charge is 2.03. The molecule has 0 fully saturated rings. The number of hydrogen-bond acceptors (Lipinski definition) is 4. The van der Waals surface area contributed by atoms with E-state index >= 15 is 0 Å². The standard InChI is InChI=1S/C13H12N2S2/c1-9-2-3-10(17-9)8-15-13-11-5-7-16-12(11)4-6-14-13/h2-7H,8H2,1H3,(H,14,15). The first-order valence-corrected chi connectivity index (χ1v) is 7.14. The first-order chi connectivity index (χ1) is 8.33. The summed E-state index contributed by atoms with van der Waals surface area (Å²) >= 11 is 3.58. The van der Waals surface area contributed by atoms with E-state index in [1.807, 2.05) is 17.5 Å². The third kappa shape index (κ3) is 2.18. The molecule has 3 aromatic heterocycles. The van der Waals surface area contributed by atoms with Crippen LogP contribution in [-0.4, -0.2) is 4.98 Å². The van der Waals surface area contributed by atoms with Crippen molar-refractivity contribution in [3.8, 4) is 0 Å². The molecule has 1 N–H and O–H groups in total. The number of aryl methyl sites for hydroxylation is 1. The van der Waals surface area contributed by atoms with Gasteiger partial charge in [0.15, 0.2) is 0 Å². The Labute approximate surface area is 108 Å². The highest BCUT2D eigenvalue weighted by Crippen LogP contribution is 2.26. The lowest BCUT2D eigenvalue weighted by atomic mass is 10.3. The molecule has 17 heavy (non-hydrogen) atoms. The molecule has 0 amide bonds. The summed E-state index contributed by atoms with van der Waals surface area (Å²) in [5.41, 5.74) is 0. The fraction of sp³-hybridized carbons (Fsp3) is 0.154. The van der Waals surface area contributed by atoms with E-state index in [-0.39, 0.29) is 0 Å². The van der Waals surface area contributed by atoms with Crippen LogP contribution in [0.5, 0.6) is 0 Å². The Morgan fingerprint density at radius 1 is 1.24 bits per heavy atom. The van der Waals surface area contributed by atoms with Crippen LogP contribution < -0.4 is 5.32 Å². The highest BCUT2D eigenvalue weighted by molar-refractivity contribution is 7.17. The zero-order chi connectivity index (χ0) is 11.7. The normalized spacial score (nSPS) is 10.9. The molecule has 0 saturated heterocycles. The summed E-state index contributed by atoms with van der Waals surface area (Å²) in [5, 5.41) is 6.73. The minimum absolute atomic E-state index is 0.848. The molecule has 0 radical (unpaired) electrons. The maximum absolute atomic E-state index is 4.40. The average Bonchev–Trinajstić information content (AvgIpc) is 2.94. The average molecular weight is 260 g/mol. The molecule has 86 valence electrons. The van der Waals surface area contributed by atoms with Crippen LogP contribution in [-0.2, 0) is 6.54 Å². The largest absolute Gasteiger partial charge is 0.365 e. The summed E-state index contributed by atoms with van der Waals surface area (Å²) in [7, 11) is 0. The van der Waals surface area contributed by atoms with E-state index in [0.717, 1.165) is 12.4 Å². The Bertz CT molecular complexity index is 639. The van der Waals surface area contributed by atoms with Gasteiger partial charge in [0.25, 0.3) is 0 Å². The van der Waals surface area contributed by atoms with E-state index in [1.54, 1.807) is 11.3 Å². The van der Waals surface area contributed by atoms with Crippen molar-refractivity contribution in [1.82, 2.24) is 4.98 Å². The van der Waals surface area contributed by atoms with Crippen LogP contribution >= 0.6 is 22.7 Å². The molecule has 3 heterocycles. The monoisotopic (exact) mass is 260 g/mol. The molecule has 4 heteroatoms. The van der Waals surface area contributed by atoms with Gasteiger partial charge >= 0.3 is 0 Å². The van der Waals surface area contributed by atoms with E-state index in [2.05, 4.69) is 46.9 Å². The lowest BCUT2D eigenvalue weighted by molar-refractivity contribution is 1.15. The predicted molar refractivity (Wildman–Crippen MR) is 76.0 cm³/mol. The number of nitrogens with zero attached hydrogens (tertiary/aromatic N) is 1. The summed E-state index contributed by atoms with van der Waals surface area (Å²) in [6, 6.07) is 8.50. The SMILES string of the molecule is Cc1ccc(CNc2nccc3sccc23)s1. The Kier molecular flexibility index (Phi) is 2.82. The van der Waals surface area contributed by atoms with Crippen molar-refractivity contribution in [2.24, 2.45) is 0 Å². The summed E-state index contributed by atoms with van der Waals surface area (Å²) in [6.07, 6.45) is 1.86. The number of fused-ring (bicyclic) bond motifs is 1. The molecule has 3 aromatic rings. The van der Waals surface area contributed by atoms with Crippen LogP contribution in [0.3, 0.4) is 0 Å². The van der Waals surface area contributed by atoms with E-state index in [0.29, 0.717) is 0 Å². The van der Waals surface area contributed by atoms with Crippen LogP contribution in [0.25, 0.3) is 10.1 Å². The minimum Gasteiger partial charge on any atom is -0.365 e. The number of anilines is 1. The van der Waals surface area contributed by atoms with E-state index in [4.69, 9.17) is 0 Å². The molecule has 0 bridgehead atoms.